The summed E-state index contributed by atoms with van der Waals surface area (Å²) in [5.74, 6) is 0.309. The van der Waals surface area contributed by atoms with Gasteiger partial charge >= 0.3 is 0 Å². The third-order valence-corrected chi connectivity index (χ3v) is 4.89. The Morgan fingerprint density at radius 1 is 1.23 bits per heavy atom. The van der Waals surface area contributed by atoms with Crippen molar-refractivity contribution in [2.75, 3.05) is 7.11 Å². The predicted molar refractivity (Wildman–Crippen MR) is 110 cm³/mol. The number of hydrogen-bond donors (Lipinski definition) is 3. The summed E-state index contributed by atoms with van der Waals surface area (Å²) in [6, 6.07) is 10.9. The molecule has 0 bridgehead atoms. The minimum Gasteiger partial charge on any atom is -0.497 e. The fraction of sp³-hybridized carbons (Fsp3) is 0.333. The van der Waals surface area contributed by atoms with Gasteiger partial charge in [-0.15, -0.1) is 0 Å². The standard InChI is InChI=1S/C21H24N6O3/c1-12(2)22-21(29)19-9-15-8-14(11-27(15)26-19)23-20(28)18-10-17(24-25-18)13-5-4-6-16(7-13)30-3/h4-7,9-10,12,14H,8,11H2,1-3H3,(H,22,29)(H,23,28)(H,24,25)/t14-/m0/s1. The second-order valence-electron chi connectivity index (χ2n) is 7.60. The summed E-state index contributed by atoms with van der Waals surface area (Å²) >= 11 is 0. The molecule has 1 aromatic carbocycles. The minimum atomic E-state index is -0.231. The molecule has 1 aliphatic rings. The van der Waals surface area contributed by atoms with Crippen LogP contribution < -0.4 is 15.4 Å². The average molecular weight is 408 g/mol. The van der Waals surface area contributed by atoms with Crippen LogP contribution in [0.25, 0.3) is 11.3 Å². The molecule has 0 fully saturated rings. The van der Waals surface area contributed by atoms with Crippen LogP contribution in [0.4, 0.5) is 0 Å². The molecule has 9 nitrogen and oxygen atoms in total. The summed E-state index contributed by atoms with van der Waals surface area (Å²) in [4.78, 5) is 24.7. The van der Waals surface area contributed by atoms with Gasteiger partial charge in [-0.1, -0.05) is 12.1 Å². The van der Waals surface area contributed by atoms with Crippen LogP contribution >= 0.6 is 0 Å². The lowest BCUT2D eigenvalue weighted by molar-refractivity contribution is 0.0921. The molecule has 3 N–H and O–H groups in total. The monoisotopic (exact) mass is 408 g/mol. The number of H-pyrrole nitrogens is 1. The van der Waals surface area contributed by atoms with Crippen LogP contribution in [0, 0.1) is 0 Å². The minimum absolute atomic E-state index is 0.0531. The Bertz CT molecular complexity index is 1060. The van der Waals surface area contributed by atoms with E-state index in [4.69, 9.17) is 4.74 Å². The molecule has 0 aliphatic carbocycles. The number of nitrogens with one attached hydrogen (secondary N) is 3. The molecule has 3 heterocycles. The van der Waals surface area contributed by atoms with Crippen molar-refractivity contribution >= 4 is 11.8 Å². The van der Waals surface area contributed by atoms with Crippen LogP contribution in [-0.4, -0.2) is 51.0 Å². The van der Waals surface area contributed by atoms with Crippen molar-refractivity contribution in [1.29, 1.82) is 0 Å². The molecule has 0 radical (unpaired) electrons. The number of amides is 2. The van der Waals surface area contributed by atoms with E-state index in [9.17, 15) is 9.59 Å². The first-order chi connectivity index (χ1) is 14.4. The van der Waals surface area contributed by atoms with E-state index in [2.05, 4.69) is 25.9 Å². The second kappa shape index (κ2) is 8.02. The van der Waals surface area contributed by atoms with E-state index in [0.717, 1.165) is 17.0 Å². The molecule has 1 atom stereocenters. The summed E-state index contributed by atoms with van der Waals surface area (Å²) in [6.45, 7) is 4.33. The SMILES string of the molecule is COc1cccc(-c2cc(C(=O)N[C@H]3Cc4cc(C(=O)NC(C)C)nn4C3)[nH]n2)c1. The van der Waals surface area contributed by atoms with Crippen LogP contribution in [0.2, 0.25) is 0 Å². The first kappa shape index (κ1) is 19.7. The largest absolute Gasteiger partial charge is 0.497 e. The highest BCUT2D eigenvalue weighted by Crippen LogP contribution is 2.23. The molecule has 9 heteroatoms. The number of fused-ring (bicyclic) bond motifs is 1. The lowest BCUT2D eigenvalue weighted by atomic mass is 10.1. The number of methoxy groups -OCH3 is 1. The molecule has 156 valence electrons. The van der Waals surface area contributed by atoms with Crippen molar-refractivity contribution in [2.45, 2.75) is 38.9 Å². The Kier molecular flexibility index (Phi) is 5.26. The van der Waals surface area contributed by atoms with Crippen LogP contribution in [0.15, 0.2) is 36.4 Å². The van der Waals surface area contributed by atoms with Crippen LogP contribution in [-0.2, 0) is 13.0 Å². The number of benzene rings is 1. The quantitative estimate of drug-likeness (QED) is 0.575. The Hall–Kier alpha value is -3.62. The van der Waals surface area contributed by atoms with E-state index < -0.39 is 0 Å². The zero-order valence-electron chi connectivity index (χ0n) is 17.1. The van der Waals surface area contributed by atoms with Crippen LogP contribution in [0.1, 0.15) is 40.5 Å². The Morgan fingerprint density at radius 2 is 2.07 bits per heavy atom. The number of nitrogens with zero attached hydrogens (tertiary/aromatic N) is 3. The van der Waals surface area contributed by atoms with Gasteiger partial charge in [-0.3, -0.25) is 19.4 Å². The molecule has 2 amide bonds. The maximum atomic E-state index is 12.6. The molecular weight excluding hydrogens is 384 g/mol. The Balaban J connectivity index is 1.38. The van der Waals surface area contributed by atoms with Crippen molar-refractivity contribution in [3.8, 4) is 17.0 Å². The van der Waals surface area contributed by atoms with Crippen molar-refractivity contribution < 1.29 is 14.3 Å². The first-order valence-corrected chi connectivity index (χ1v) is 9.81. The fourth-order valence-corrected chi connectivity index (χ4v) is 3.48. The highest BCUT2D eigenvalue weighted by Gasteiger charge is 2.27. The molecule has 0 spiro atoms. The third-order valence-electron chi connectivity index (χ3n) is 4.89. The summed E-state index contributed by atoms with van der Waals surface area (Å²) in [6.07, 6.45) is 0.616. The first-order valence-electron chi connectivity index (χ1n) is 9.81. The number of carbonyl (C=O) groups is 2. The summed E-state index contributed by atoms with van der Waals surface area (Å²) in [7, 11) is 1.61. The number of aromatic amines is 1. The van der Waals surface area contributed by atoms with Gasteiger partial charge in [-0.05, 0) is 38.1 Å². The maximum absolute atomic E-state index is 12.6. The maximum Gasteiger partial charge on any atom is 0.271 e. The van der Waals surface area contributed by atoms with Gasteiger partial charge in [0.15, 0.2) is 0 Å². The van der Waals surface area contributed by atoms with Gasteiger partial charge in [0.05, 0.1) is 25.4 Å². The number of aromatic nitrogens is 4. The van der Waals surface area contributed by atoms with Gasteiger partial charge in [0.1, 0.15) is 17.1 Å². The topological polar surface area (TPSA) is 114 Å². The zero-order valence-corrected chi connectivity index (χ0v) is 17.1. The molecule has 0 saturated carbocycles. The number of ether oxygens (including phenoxy) is 1. The van der Waals surface area contributed by atoms with E-state index in [-0.39, 0.29) is 23.9 Å². The highest BCUT2D eigenvalue weighted by atomic mass is 16.5. The Morgan fingerprint density at radius 3 is 2.80 bits per heavy atom. The van der Waals surface area contributed by atoms with Gasteiger partial charge in [-0.25, -0.2) is 0 Å². The summed E-state index contributed by atoms with van der Waals surface area (Å²) in [5, 5.41) is 17.2. The van der Waals surface area contributed by atoms with Crippen molar-refractivity contribution in [3.05, 3.63) is 53.5 Å². The van der Waals surface area contributed by atoms with E-state index >= 15 is 0 Å². The van der Waals surface area contributed by atoms with Gasteiger partial charge in [-0.2, -0.15) is 10.2 Å². The number of carbonyl (C=O) groups excluding carboxylic acids is 2. The van der Waals surface area contributed by atoms with Crippen molar-refractivity contribution in [3.63, 3.8) is 0 Å². The highest BCUT2D eigenvalue weighted by molar-refractivity contribution is 5.94. The molecule has 4 rings (SSSR count). The fourth-order valence-electron chi connectivity index (χ4n) is 3.48. The second-order valence-corrected chi connectivity index (χ2v) is 7.60. The predicted octanol–water partition coefficient (Wildman–Crippen LogP) is 1.77. The van der Waals surface area contributed by atoms with E-state index in [1.807, 2.05) is 38.1 Å². The normalized spacial score (nSPS) is 15.1. The summed E-state index contributed by atoms with van der Waals surface area (Å²) < 4.78 is 7.01. The Labute approximate surface area is 173 Å². The van der Waals surface area contributed by atoms with Gasteiger partial charge in [0.2, 0.25) is 0 Å². The van der Waals surface area contributed by atoms with Crippen LogP contribution in [0.3, 0.4) is 0 Å². The summed E-state index contributed by atoms with van der Waals surface area (Å²) in [5.41, 5.74) is 3.24. The number of rotatable bonds is 6. The van der Waals surface area contributed by atoms with Crippen LogP contribution in [0.5, 0.6) is 5.75 Å². The molecule has 30 heavy (non-hydrogen) atoms. The van der Waals surface area contributed by atoms with E-state index in [1.54, 1.807) is 23.9 Å². The van der Waals surface area contributed by atoms with Gasteiger partial charge < -0.3 is 15.4 Å². The number of hydrogen-bond acceptors (Lipinski definition) is 5. The zero-order chi connectivity index (χ0) is 21.3. The van der Waals surface area contributed by atoms with Crippen molar-refractivity contribution in [2.24, 2.45) is 0 Å². The average Bonchev–Trinajstić information content (AvgIpc) is 3.42. The van der Waals surface area contributed by atoms with Crippen molar-refractivity contribution in [1.82, 2.24) is 30.6 Å². The van der Waals surface area contributed by atoms with Gasteiger partial charge in [0.25, 0.3) is 11.8 Å². The van der Waals surface area contributed by atoms with E-state index in [0.29, 0.717) is 30.0 Å². The van der Waals surface area contributed by atoms with E-state index in [1.165, 1.54) is 0 Å². The molecular formula is C21H24N6O3. The molecule has 0 saturated heterocycles. The molecule has 3 aromatic rings. The molecule has 2 aromatic heterocycles. The lowest BCUT2D eigenvalue weighted by Gasteiger charge is -2.11. The van der Waals surface area contributed by atoms with Gasteiger partial charge in [0, 0.05) is 23.7 Å². The molecule has 0 unspecified atom stereocenters. The molecule has 1 aliphatic heterocycles. The smallest absolute Gasteiger partial charge is 0.271 e. The third kappa shape index (κ3) is 4.05. The lowest BCUT2D eigenvalue weighted by Crippen LogP contribution is -2.36.